The van der Waals surface area contributed by atoms with E-state index in [-0.39, 0.29) is 17.4 Å². The molecule has 1 heterocycles. The third-order valence-electron chi connectivity index (χ3n) is 5.87. The van der Waals surface area contributed by atoms with Gasteiger partial charge in [0.15, 0.2) is 0 Å². The molecule has 0 unspecified atom stereocenters. The van der Waals surface area contributed by atoms with Crippen LogP contribution < -0.4 is 0 Å². The molecule has 1 saturated carbocycles. The largest absolute Gasteiger partial charge is 0.334 e. The summed E-state index contributed by atoms with van der Waals surface area (Å²) in [6.07, 6.45) is 4.86. The Morgan fingerprint density at radius 2 is 1.75 bits per heavy atom. The Morgan fingerprint density at radius 1 is 1.08 bits per heavy atom. The van der Waals surface area contributed by atoms with Gasteiger partial charge in [-0.25, -0.2) is 0 Å². The van der Waals surface area contributed by atoms with Crippen molar-refractivity contribution in [2.45, 2.75) is 37.3 Å². The molecule has 122 valence electrons. The van der Waals surface area contributed by atoms with Gasteiger partial charge in [-0.05, 0) is 29.9 Å². The lowest BCUT2D eigenvalue weighted by Crippen LogP contribution is -2.42. The molecular weight excluding hydrogens is 294 g/mol. The second kappa shape index (κ2) is 5.94. The van der Waals surface area contributed by atoms with Crippen molar-refractivity contribution in [1.29, 1.82) is 0 Å². The van der Waals surface area contributed by atoms with Crippen LogP contribution in [0.2, 0.25) is 0 Å². The second-order valence-electron chi connectivity index (χ2n) is 7.09. The molecule has 1 saturated heterocycles. The van der Waals surface area contributed by atoms with E-state index < -0.39 is 0 Å². The molecule has 2 aromatic carbocycles. The molecule has 1 amide bonds. The van der Waals surface area contributed by atoms with E-state index in [9.17, 15) is 4.79 Å². The fourth-order valence-electron chi connectivity index (χ4n) is 4.79. The lowest BCUT2D eigenvalue weighted by Gasteiger charge is -2.35. The second-order valence-corrected chi connectivity index (χ2v) is 7.09. The minimum atomic E-state index is -0.0496. The highest BCUT2D eigenvalue weighted by molar-refractivity contribution is 5.82. The van der Waals surface area contributed by atoms with Crippen molar-refractivity contribution in [3.8, 4) is 0 Å². The van der Waals surface area contributed by atoms with Gasteiger partial charge in [0.25, 0.3) is 0 Å². The van der Waals surface area contributed by atoms with Gasteiger partial charge in [-0.3, -0.25) is 4.79 Å². The van der Waals surface area contributed by atoms with Crippen molar-refractivity contribution >= 4 is 5.91 Å². The topological polar surface area (TPSA) is 20.3 Å². The normalized spacial score (nSPS) is 28.8. The molecule has 0 N–H and O–H groups in total. The first-order valence-electron chi connectivity index (χ1n) is 8.76. The van der Waals surface area contributed by atoms with Crippen molar-refractivity contribution in [2.24, 2.45) is 5.92 Å². The van der Waals surface area contributed by atoms with Gasteiger partial charge in [0.2, 0.25) is 5.91 Å². The molecule has 2 heteroatoms. The number of rotatable bonds is 4. The third-order valence-corrected chi connectivity index (χ3v) is 5.87. The molecule has 2 aliphatic rings. The smallest absolute Gasteiger partial charge is 0.224 e. The maximum Gasteiger partial charge on any atom is 0.224 e. The lowest BCUT2D eigenvalue weighted by molar-refractivity contribution is -0.130. The first-order chi connectivity index (χ1) is 11.7. The van der Waals surface area contributed by atoms with Gasteiger partial charge >= 0.3 is 0 Å². The Balaban J connectivity index is 1.74. The van der Waals surface area contributed by atoms with E-state index >= 15 is 0 Å². The van der Waals surface area contributed by atoms with Gasteiger partial charge in [-0.2, -0.15) is 0 Å². The molecule has 1 aliphatic heterocycles. The molecule has 0 bridgehead atoms. The minimum absolute atomic E-state index is 0.0496. The molecule has 2 nitrogen and oxygen atoms in total. The van der Waals surface area contributed by atoms with Crippen LogP contribution in [0.25, 0.3) is 0 Å². The highest BCUT2D eigenvalue weighted by atomic mass is 16.2. The van der Waals surface area contributed by atoms with E-state index in [1.54, 1.807) is 0 Å². The highest BCUT2D eigenvalue weighted by Gasteiger charge is 2.58. The number of fused-ring (bicyclic) bond motifs is 1. The number of benzene rings is 2. The quantitative estimate of drug-likeness (QED) is 0.769. The van der Waals surface area contributed by atoms with E-state index in [0.717, 1.165) is 12.8 Å². The molecule has 2 aromatic rings. The van der Waals surface area contributed by atoms with Crippen LogP contribution in [-0.2, 0) is 16.8 Å². The van der Waals surface area contributed by atoms with Crippen molar-refractivity contribution < 1.29 is 4.79 Å². The van der Waals surface area contributed by atoms with Crippen LogP contribution in [0.5, 0.6) is 0 Å². The number of nitrogens with zero attached hydrogens (tertiary/aromatic N) is 1. The Morgan fingerprint density at radius 3 is 2.42 bits per heavy atom. The maximum absolute atomic E-state index is 12.9. The van der Waals surface area contributed by atoms with Gasteiger partial charge in [0, 0.05) is 24.4 Å². The van der Waals surface area contributed by atoms with Crippen LogP contribution in [0.4, 0.5) is 0 Å². The Bertz CT molecular complexity index is 739. The summed E-state index contributed by atoms with van der Waals surface area (Å²) in [6.45, 7) is 4.75. The molecule has 0 spiro atoms. The monoisotopic (exact) mass is 317 g/mol. The highest BCUT2D eigenvalue weighted by Crippen LogP contribution is 2.54. The summed E-state index contributed by atoms with van der Waals surface area (Å²) in [7, 11) is 0. The predicted molar refractivity (Wildman–Crippen MR) is 96.4 cm³/mol. The summed E-state index contributed by atoms with van der Waals surface area (Å²) >= 11 is 0. The molecule has 0 radical (unpaired) electrons. The van der Waals surface area contributed by atoms with Gasteiger partial charge in [-0.15, -0.1) is 6.58 Å². The SMILES string of the molecule is C=C[C@H]1CC[C@@]2(c3ccccc3)CC(=O)N(Cc3ccccc3)[C@@H]12. The molecule has 0 aromatic heterocycles. The number of likely N-dealkylation sites (tertiary alicyclic amines) is 1. The first kappa shape index (κ1) is 15.2. The molecular formula is C22H23NO. The average Bonchev–Trinajstić information content (AvgIpc) is 3.12. The zero-order valence-corrected chi connectivity index (χ0v) is 13.9. The van der Waals surface area contributed by atoms with Crippen molar-refractivity contribution in [3.63, 3.8) is 0 Å². The van der Waals surface area contributed by atoms with Crippen LogP contribution in [0.1, 0.15) is 30.4 Å². The van der Waals surface area contributed by atoms with Gasteiger partial charge in [-0.1, -0.05) is 66.7 Å². The fraction of sp³-hybridized carbons (Fsp3) is 0.318. The van der Waals surface area contributed by atoms with Crippen LogP contribution >= 0.6 is 0 Å². The van der Waals surface area contributed by atoms with Crippen LogP contribution in [-0.4, -0.2) is 16.8 Å². The summed E-state index contributed by atoms with van der Waals surface area (Å²) < 4.78 is 0. The third kappa shape index (κ3) is 2.29. The number of hydrogen-bond donors (Lipinski definition) is 0. The zero-order chi connectivity index (χ0) is 16.6. The minimum Gasteiger partial charge on any atom is -0.334 e. The van der Waals surface area contributed by atoms with Crippen molar-refractivity contribution in [3.05, 3.63) is 84.4 Å². The number of hydrogen-bond acceptors (Lipinski definition) is 1. The van der Waals surface area contributed by atoms with Crippen LogP contribution in [0, 0.1) is 5.92 Å². The molecule has 1 aliphatic carbocycles. The molecule has 24 heavy (non-hydrogen) atoms. The van der Waals surface area contributed by atoms with Crippen LogP contribution in [0.3, 0.4) is 0 Å². The van der Waals surface area contributed by atoms with Crippen molar-refractivity contribution in [1.82, 2.24) is 4.90 Å². The summed E-state index contributed by atoms with van der Waals surface area (Å²) in [5.41, 5.74) is 2.46. The average molecular weight is 317 g/mol. The summed E-state index contributed by atoms with van der Waals surface area (Å²) in [4.78, 5) is 15.0. The van der Waals surface area contributed by atoms with Crippen LogP contribution in [0.15, 0.2) is 73.3 Å². The Hall–Kier alpha value is -2.35. The maximum atomic E-state index is 12.9. The van der Waals surface area contributed by atoms with E-state index in [0.29, 0.717) is 18.9 Å². The zero-order valence-electron chi connectivity index (χ0n) is 13.9. The molecule has 4 rings (SSSR count). The molecule has 3 atom stereocenters. The van der Waals surface area contributed by atoms with Gasteiger partial charge in [0.1, 0.15) is 0 Å². The first-order valence-corrected chi connectivity index (χ1v) is 8.76. The lowest BCUT2D eigenvalue weighted by atomic mass is 9.74. The molecule has 2 fully saturated rings. The van der Waals surface area contributed by atoms with E-state index in [1.807, 2.05) is 24.3 Å². The number of amides is 1. The van der Waals surface area contributed by atoms with E-state index in [1.165, 1.54) is 11.1 Å². The summed E-state index contributed by atoms with van der Waals surface area (Å²) in [5.74, 6) is 0.652. The summed E-state index contributed by atoms with van der Waals surface area (Å²) in [6, 6.07) is 21.2. The van der Waals surface area contributed by atoms with Gasteiger partial charge in [0.05, 0.1) is 0 Å². The predicted octanol–water partition coefficient (Wildman–Crippen LogP) is 4.32. The van der Waals surface area contributed by atoms with Gasteiger partial charge < -0.3 is 4.90 Å². The Labute approximate surface area is 143 Å². The van der Waals surface area contributed by atoms with E-state index in [2.05, 4.69) is 54.0 Å². The Kier molecular flexibility index (Phi) is 3.76. The number of carbonyl (C=O) groups is 1. The standard InChI is InChI=1S/C22H23NO/c1-2-18-13-14-22(19-11-7-4-8-12-19)15-20(24)23(21(18)22)16-17-9-5-3-6-10-17/h2-12,18,21H,1,13-16H2/t18-,21-,22-/m0/s1. The fourth-order valence-corrected chi connectivity index (χ4v) is 4.79. The van der Waals surface area contributed by atoms with E-state index in [4.69, 9.17) is 0 Å². The summed E-state index contributed by atoms with van der Waals surface area (Å²) in [5, 5.41) is 0. The van der Waals surface area contributed by atoms with Crippen molar-refractivity contribution in [2.75, 3.05) is 0 Å². The number of carbonyl (C=O) groups excluding carboxylic acids is 1.